The van der Waals surface area contributed by atoms with Crippen molar-refractivity contribution < 1.29 is 5.11 Å². The number of rotatable bonds is 0. The highest BCUT2D eigenvalue weighted by atomic mass is 35.5. The largest absolute Gasteiger partial charge is 0.376 e. The van der Waals surface area contributed by atoms with Crippen LogP contribution in [0.2, 0.25) is 0 Å². The van der Waals surface area contributed by atoms with E-state index in [9.17, 15) is 5.11 Å². The van der Waals surface area contributed by atoms with Crippen molar-refractivity contribution in [1.82, 2.24) is 0 Å². The van der Waals surface area contributed by atoms with Gasteiger partial charge in [0.2, 0.25) is 0 Å². The van der Waals surface area contributed by atoms with Gasteiger partial charge in [0.05, 0.1) is 5.38 Å². The molecule has 0 aliphatic heterocycles. The highest BCUT2D eigenvalue weighted by molar-refractivity contribution is 6.21. The fourth-order valence-corrected chi connectivity index (χ4v) is 1.60. The quantitative estimate of drug-likeness (QED) is 0.419. The van der Waals surface area contributed by atoms with Crippen LogP contribution in [0.1, 0.15) is 25.7 Å². The second-order valence-electron chi connectivity index (χ2n) is 2.78. The smallest absolute Gasteiger partial charge is 0.141 e. The van der Waals surface area contributed by atoms with E-state index in [1.54, 1.807) is 0 Å². The van der Waals surface area contributed by atoms with E-state index >= 15 is 0 Å². The van der Waals surface area contributed by atoms with Crippen molar-refractivity contribution in [3.05, 3.63) is 0 Å². The maximum atomic E-state index is 9.58. The van der Waals surface area contributed by atoms with Crippen molar-refractivity contribution in [3.8, 4) is 12.3 Å². The molecule has 0 bridgehead atoms. The molecule has 0 amide bonds. The molecule has 0 heterocycles. The first-order valence-corrected chi connectivity index (χ1v) is 3.97. The molecule has 56 valence electrons. The average molecular weight is 159 g/mol. The maximum absolute atomic E-state index is 9.58. The molecule has 0 aromatic heterocycles. The third-order valence-corrected chi connectivity index (χ3v) is 2.61. The van der Waals surface area contributed by atoms with Gasteiger partial charge in [0.25, 0.3) is 0 Å². The first kappa shape index (κ1) is 7.91. The lowest BCUT2D eigenvalue weighted by Gasteiger charge is -2.31. The third kappa shape index (κ3) is 1.28. The van der Waals surface area contributed by atoms with Crippen LogP contribution in [0.3, 0.4) is 0 Å². The SMILES string of the molecule is C#C[C@@]1(O)CCCC[C@H]1Cl. The zero-order chi connectivity index (χ0) is 7.61. The summed E-state index contributed by atoms with van der Waals surface area (Å²) >= 11 is 5.83. The Balaban J connectivity index is 2.65. The van der Waals surface area contributed by atoms with E-state index in [0.717, 1.165) is 19.3 Å². The van der Waals surface area contributed by atoms with Gasteiger partial charge in [-0.2, -0.15) is 0 Å². The monoisotopic (exact) mass is 158 g/mol. The minimum absolute atomic E-state index is 0.244. The van der Waals surface area contributed by atoms with Crippen LogP contribution < -0.4 is 0 Å². The van der Waals surface area contributed by atoms with Gasteiger partial charge < -0.3 is 5.11 Å². The molecule has 0 aromatic carbocycles. The van der Waals surface area contributed by atoms with E-state index < -0.39 is 5.60 Å². The van der Waals surface area contributed by atoms with Crippen molar-refractivity contribution in [1.29, 1.82) is 0 Å². The highest BCUT2D eigenvalue weighted by Crippen LogP contribution is 2.31. The fraction of sp³-hybridized carbons (Fsp3) is 0.750. The summed E-state index contributed by atoms with van der Waals surface area (Å²) in [4.78, 5) is 0. The molecule has 0 aromatic rings. The van der Waals surface area contributed by atoms with Crippen molar-refractivity contribution in [3.63, 3.8) is 0 Å². The molecule has 0 saturated heterocycles. The lowest BCUT2D eigenvalue weighted by atomic mass is 9.85. The Morgan fingerprint density at radius 3 is 2.70 bits per heavy atom. The van der Waals surface area contributed by atoms with Gasteiger partial charge >= 0.3 is 0 Å². The highest BCUT2D eigenvalue weighted by Gasteiger charge is 2.35. The molecule has 0 unspecified atom stereocenters. The Morgan fingerprint density at radius 1 is 1.60 bits per heavy atom. The predicted octanol–water partition coefficient (Wildman–Crippen LogP) is 1.53. The van der Waals surface area contributed by atoms with Crippen LogP contribution in [-0.2, 0) is 0 Å². The van der Waals surface area contributed by atoms with Crippen LogP contribution in [0.25, 0.3) is 0 Å². The van der Waals surface area contributed by atoms with Crippen LogP contribution >= 0.6 is 11.6 Å². The second-order valence-corrected chi connectivity index (χ2v) is 3.31. The maximum Gasteiger partial charge on any atom is 0.141 e. The zero-order valence-corrected chi connectivity index (χ0v) is 6.56. The number of hydrogen-bond acceptors (Lipinski definition) is 1. The lowest BCUT2D eigenvalue weighted by Crippen LogP contribution is -2.39. The van der Waals surface area contributed by atoms with Crippen molar-refractivity contribution in [2.45, 2.75) is 36.7 Å². The molecule has 2 atom stereocenters. The van der Waals surface area contributed by atoms with E-state index in [4.69, 9.17) is 18.0 Å². The van der Waals surface area contributed by atoms with E-state index in [2.05, 4.69) is 5.92 Å². The molecule has 1 aliphatic rings. The van der Waals surface area contributed by atoms with Gasteiger partial charge in [0, 0.05) is 0 Å². The zero-order valence-electron chi connectivity index (χ0n) is 5.81. The Bertz CT molecular complexity index is 161. The Morgan fingerprint density at radius 2 is 2.30 bits per heavy atom. The molecule has 2 heteroatoms. The summed E-state index contributed by atoms with van der Waals surface area (Å²) < 4.78 is 0. The van der Waals surface area contributed by atoms with E-state index in [-0.39, 0.29) is 5.38 Å². The molecule has 1 rings (SSSR count). The summed E-state index contributed by atoms with van der Waals surface area (Å²) in [5.41, 5.74) is -1.03. The summed E-state index contributed by atoms with van der Waals surface area (Å²) in [6.07, 6.45) is 8.70. The lowest BCUT2D eigenvalue weighted by molar-refractivity contribution is 0.0655. The number of hydrogen-bond donors (Lipinski definition) is 1. The van der Waals surface area contributed by atoms with E-state index in [0.29, 0.717) is 6.42 Å². The summed E-state index contributed by atoms with van der Waals surface area (Å²) in [5.74, 6) is 2.35. The molecule has 1 saturated carbocycles. The molecule has 0 radical (unpaired) electrons. The number of terminal acetylenes is 1. The minimum Gasteiger partial charge on any atom is -0.376 e. The molecular weight excluding hydrogens is 148 g/mol. The number of aliphatic hydroxyl groups is 1. The number of halogens is 1. The normalized spacial score (nSPS) is 40.7. The van der Waals surface area contributed by atoms with E-state index in [1.165, 1.54) is 0 Å². The Kier molecular flexibility index (Phi) is 2.23. The van der Waals surface area contributed by atoms with Gasteiger partial charge in [-0.1, -0.05) is 12.3 Å². The van der Waals surface area contributed by atoms with Crippen LogP contribution in [0.4, 0.5) is 0 Å². The molecule has 1 fully saturated rings. The summed E-state index contributed by atoms with van der Waals surface area (Å²) in [6.45, 7) is 0. The molecule has 0 spiro atoms. The topological polar surface area (TPSA) is 20.2 Å². The first-order valence-electron chi connectivity index (χ1n) is 3.53. The van der Waals surface area contributed by atoms with Crippen LogP contribution in [0.15, 0.2) is 0 Å². The van der Waals surface area contributed by atoms with Crippen molar-refractivity contribution >= 4 is 11.6 Å². The van der Waals surface area contributed by atoms with Gasteiger partial charge in [-0.25, -0.2) is 0 Å². The average Bonchev–Trinajstić information content (AvgIpc) is 1.96. The van der Waals surface area contributed by atoms with Gasteiger partial charge in [0.1, 0.15) is 5.60 Å². The fourth-order valence-electron chi connectivity index (χ4n) is 1.28. The minimum atomic E-state index is -1.03. The van der Waals surface area contributed by atoms with Gasteiger partial charge in [-0.15, -0.1) is 18.0 Å². The summed E-state index contributed by atoms with van der Waals surface area (Å²) in [7, 11) is 0. The van der Waals surface area contributed by atoms with Crippen molar-refractivity contribution in [2.24, 2.45) is 0 Å². The van der Waals surface area contributed by atoms with Crippen LogP contribution in [-0.4, -0.2) is 16.1 Å². The standard InChI is InChI=1S/C8H11ClO/c1-2-8(10)6-4-3-5-7(8)9/h1,7,10H,3-6H2/t7-,8-/m1/s1. The predicted molar refractivity (Wildman–Crippen MR) is 41.9 cm³/mol. The van der Waals surface area contributed by atoms with Crippen LogP contribution in [0, 0.1) is 12.3 Å². The molecule has 10 heavy (non-hydrogen) atoms. The second kappa shape index (κ2) is 2.82. The number of alkyl halides is 1. The van der Waals surface area contributed by atoms with Gasteiger partial charge in [0.15, 0.2) is 0 Å². The molecule has 1 nitrogen and oxygen atoms in total. The van der Waals surface area contributed by atoms with Crippen LogP contribution in [0.5, 0.6) is 0 Å². The molecule has 1 aliphatic carbocycles. The first-order chi connectivity index (χ1) is 4.69. The van der Waals surface area contributed by atoms with Gasteiger partial charge in [-0.3, -0.25) is 0 Å². The molecule has 1 N–H and O–H groups in total. The Hall–Kier alpha value is -0.190. The molecular formula is C8H11ClO. The van der Waals surface area contributed by atoms with Gasteiger partial charge in [-0.05, 0) is 19.3 Å². The summed E-state index contributed by atoms with van der Waals surface area (Å²) in [5, 5.41) is 9.34. The summed E-state index contributed by atoms with van der Waals surface area (Å²) in [6, 6.07) is 0. The third-order valence-electron chi connectivity index (χ3n) is 2.03. The van der Waals surface area contributed by atoms with E-state index in [1.807, 2.05) is 0 Å². The Labute approximate surface area is 66.4 Å². The van der Waals surface area contributed by atoms with Crippen molar-refractivity contribution in [2.75, 3.05) is 0 Å².